The summed E-state index contributed by atoms with van der Waals surface area (Å²) in [6.07, 6.45) is 0. The van der Waals surface area contributed by atoms with Crippen LogP contribution in [0, 0.1) is 5.92 Å². The molecular formula is C17H30N2O2. The van der Waals surface area contributed by atoms with Gasteiger partial charge in [-0.3, -0.25) is 0 Å². The molecule has 21 heavy (non-hydrogen) atoms. The second-order valence-corrected chi connectivity index (χ2v) is 5.80. The van der Waals surface area contributed by atoms with Crippen LogP contribution in [0.15, 0.2) is 24.3 Å². The van der Waals surface area contributed by atoms with Crippen LogP contribution in [0.2, 0.25) is 0 Å². The predicted octanol–water partition coefficient (Wildman–Crippen LogP) is 2.64. The maximum absolute atomic E-state index is 5.82. The van der Waals surface area contributed by atoms with Crippen LogP contribution in [0.5, 0.6) is 11.5 Å². The van der Waals surface area contributed by atoms with Crippen molar-refractivity contribution in [3.63, 3.8) is 0 Å². The fourth-order valence-corrected chi connectivity index (χ4v) is 2.15. The first kappa shape index (κ1) is 17.8. The lowest BCUT2D eigenvalue weighted by Gasteiger charge is -2.25. The van der Waals surface area contributed by atoms with E-state index >= 15 is 0 Å². The molecule has 0 spiro atoms. The largest absolute Gasteiger partial charge is 0.490 e. The van der Waals surface area contributed by atoms with Gasteiger partial charge in [0.1, 0.15) is 6.61 Å². The summed E-state index contributed by atoms with van der Waals surface area (Å²) in [5, 5.41) is 3.56. The summed E-state index contributed by atoms with van der Waals surface area (Å²) in [6.45, 7) is 9.62. The Hall–Kier alpha value is -1.26. The van der Waals surface area contributed by atoms with Crippen molar-refractivity contribution in [3.05, 3.63) is 24.3 Å². The average Bonchev–Trinajstić information content (AvgIpc) is 2.43. The summed E-state index contributed by atoms with van der Waals surface area (Å²) < 4.78 is 11.4. The first-order chi connectivity index (χ1) is 10.0. The van der Waals surface area contributed by atoms with E-state index in [0.717, 1.165) is 24.6 Å². The quantitative estimate of drug-likeness (QED) is 0.673. The number of likely N-dealkylation sites (N-methyl/N-ethyl adjacent to an activating group) is 1. The molecular weight excluding hydrogens is 264 g/mol. The Morgan fingerprint density at radius 1 is 1.10 bits per heavy atom. The molecule has 120 valence electrons. The van der Waals surface area contributed by atoms with Crippen molar-refractivity contribution in [1.29, 1.82) is 0 Å². The van der Waals surface area contributed by atoms with Gasteiger partial charge in [-0.05, 0) is 39.1 Å². The highest BCUT2D eigenvalue weighted by molar-refractivity contribution is 5.39. The normalized spacial score (nSPS) is 12.7. The maximum Gasteiger partial charge on any atom is 0.161 e. The fraction of sp³-hybridized carbons (Fsp3) is 0.647. The summed E-state index contributed by atoms with van der Waals surface area (Å²) in [7, 11) is 4.21. The Labute approximate surface area is 129 Å². The molecule has 0 saturated heterocycles. The van der Waals surface area contributed by atoms with Gasteiger partial charge in [0.25, 0.3) is 0 Å². The van der Waals surface area contributed by atoms with Gasteiger partial charge in [0, 0.05) is 19.1 Å². The van der Waals surface area contributed by atoms with Crippen molar-refractivity contribution in [2.24, 2.45) is 5.92 Å². The molecule has 1 rings (SSSR count). The minimum atomic E-state index is 0.478. The highest BCUT2D eigenvalue weighted by Crippen LogP contribution is 2.26. The molecule has 0 amide bonds. The lowest BCUT2D eigenvalue weighted by atomic mass is 10.0. The van der Waals surface area contributed by atoms with Crippen LogP contribution in [0.25, 0.3) is 0 Å². The van der Waals surface area contributed by atoms with Gasteiger partial charge in [0.2, 0.25) is 0 Å². The monoisotopic (exact) mass is 294 g/mol. The minimum absolute atomic E-state index is 0.478. The topological polar surface area (TPSA) is 33.7 Å². The summed E-state index contributed by atoms with van der Waals surface area (Å²) in [5.41, 5.74) is 0. The van der Waals surface area contributed by atoms with Gasteiger partial charge in [0.15, 0.2) is 11.5 Å². The van der Waals surface area contributed by atoms with Gasteiger partial charge in [-0.25, -0.2) is 0 Å². The molecule has 0 bridgehead atoms. The molecule has 0 fully saturated rings. The molecule has 1 N–H and O–H groups in total. The molecule has 0 aromatic heterocycles. The van der Waals surface area contributed by atoms with Crippen molar-refractivity contribution < 1.29 is 9.47 Å². The molecule has 4 nitrogen and oxygen atoms in total. The molecule has 1 unspecified atom stereocenters. The van der Waals surface area contributed by atoms with Crippen LogP contribution in [0.1, 0.15) is 20.8 Å². The van der Waals surface area contributed by atoms with Gasteiger partial charge in [-0.2, -0.15) is 0 Å². The van der Waals surface area contributed by atoms with E-state index in [4.69, 9.17) is 9.47 Å². The number of ether oxygens (including phenoxy) is 2. The van der Waals surface area contributed by atoms with E-state index < -0.39 is 0 Å². The molecule has 0 radical (unpaired) electrons. The van der Waals surface area contributed by atoms with Crippen molar-refractivity contribution in [1.82, 2.24) is 10.2 Å². The lowest BCUT2D eigenvalue weighted by Crippen LogP contribution is -2.43. The smallest absolute Gasteiger partial charge is 0.161 e. The standard InChI is InChI=1S/C17H30N2O2/c1-6-20-16-9-7-8-10-17(16)21-12-11-18-15(14(2)3)13-19(4)5/h7-10,14-15,18H,6,11-13H2,1-5H3. The van der Waals surface area contributed by atoms with E-state index in [9.17, 15) is 0 Å². The third kappa shape index (κ3) is 6.82. The van der Waals surface area contributed by atoms with E-state index in [2.05, 4.69) is 38.2 Å². The van der Waals surface area contributed by atoms with Gasteiger partial charge in [0.05, 0.1) is 6.61 Å². The van der Waals surface area contributed by atoms with Gasteiger partial charge in [-0.15, -0.1) is 0 Å². The van der Waals surface area contributed by atoms with Gasteiger partial charge < -0.3 is 19.7 Å². The molecule has 0 saturated carbocycles. The molecule has 1 aromatic carbocycles. The van der Waals surface area contributed by atoms with Crippen LogP contribution in [0.3, 0.4) is 0 Å². The highest BCUT2D eigenvalue weighted by atomic mass is 16.5. The predicted molar refractivity (Wildman–Crippen MR) is 88.3 cm³/mol. The van der Waals surface area contributed by atoms with Crippen molar-refractivity contribution >= 4 is 0 Å². The minimum Gasteiger partial charge on any atom is -0.490 e. The van der Waals surface area contributed by atoms with Crippen molar-refractivity contribution in [2.75, 3.05) is 40.4 Å². The summed E-state index contributed by atoms with van der Waals surface area (Å²) >= 11 is 0. The molecule has 0 aliphatic rings. The number of hydrogen-bond donors (Lipinski definition) is 1. The summed E-state index contributed by atoms with van der Waals surface area (Å²) in [4.78, 5) is 2.21. The average molecular weight is 294 g/mol. The third-order valence-corrected chi connectivity index (χ3v) is 3.28. The highest BCUT2D eigenvalue weighted by Gasteiger charge is 2.13. The second kappa shape index (κ2) is 9.64. The molecule has 0 aliphatic heterocycles. The zero-order chi connectivity index (χ0) is 15.7. The van der Waals surface area contributed by atoms with Crippen LogP contribution in [-0.2, 0) is 0 Å². The van der Waals surface area contributed by atoms with Crippen LogP contribution in [-0.4, -0.2) is 51.3 Å². The SMILES string of the molecule is CCOc1ccccc1OCCNC(CN(C)C)C(C)C. The Bertz CT molecular complexity index is 394. The Morgan fingerprint density at radius 3 is 2.24 bits per heavy atom. The Morgan fingerprint density at radius 2 is 1.71 bits per heavy atom. The van der Waals surface area contributed by atoms with Gasteiger partial charge in [-0.1, -0.05) is 26.0 Å². The van der Waals surface area contributed by atoms with Crippen LogP contribution >= 0.6 is 0 Å². The zero-order valence-electron chi connectivity index (χ0n) is 14.1. The fourth-order valence-electron chi connectivity index (χ4n) is 2.15. The van der Waals surface area contributed by atoms with Crippen molar-refractivity contribution in [3.8, 4) is 11.5 Å². The van der Waals surface area contributed by atoms with Crippen LogP contribution < -0.4 is 14.8 Å². The number of para-hydroxylation sites is 2. The molecule has 1 atom stereocenters. The number of nitrogens with one attached hydrogen (secondary N) is 1. The van der Waals surface area contributed by atoms with E-state index in [-0.39, 0.29) is 0 Å². The third-order valence-electron chi connectivity index (χ3n) is 3.28. The summed E-state index contributed by atoms with van der Waals surface area (Å²) in [6, 6.07) is 8.29. The lowest BCUT2D eigenvalue weighted by molar-refractivity contribution is 0.248. The Balaban J connectivity index is 2.39. The maximum atomic E-state index is 5.82. The molecule has 4 heteroatoms. The molecule has 1 aromatic rings. The van der Waals surface area contributed by atoms with Crippen LogP contribution in [0.4, 0.5) is 0 Å². The Kier molecular flexibility index (Phi) is 8.16. The number of rotatable bonds is 10. The molecule has 0 aliphatic carbocycles. The number of benzene rings is 1. The zero-order valence-corrected chi connectivity index (χ0v) is 14.1. The first-order valence-corrected chi connectivity index (χ1v) is 7.77. The van der Waals surface area contributed by atoms with E-state index in [1.807, 2.05) is 31.2 Å². The van der Waals surface area contributed by atoms with E-state index in [0.29, 0.717) is 25.2 Å². The number of hydrogen-bond acceptors (Lipinski definition) is 4. The van der Waals surface area contributed by atoms with Gasteiger partial charge >= 0.3 is 0 Å². The molecule has 0 heterocycles. The summed E-state index contributed by atoms with van der Waals surface area (Å²) in [5.74, 6) is 2.23. The van der Waals surface area contributed by atoms with E-state index in [1.54, 1.807) is 0 Å². The first-order valence-electron chi connectivity index (χ1n) is 7.77. The second-order valence-electron chi connectivity index (χ2n) is 5.80. The van der Waals surface area contributed by atoms with E-state index in [1.165, 1.54) is 0 Å². The van der Waals surface area contributed by atoms with Crippen molar-refractivity contribution in [2.45, 2.75) is 26.8 Å². The number of nitrogens with zero attached hydrogens (tertiary/aromatic N) is 1.